The summed E-state index contributed by atoms with van der Waals surface area (Å²) < 4.78 is 13.9. The number of nitrogens with zero attached hydrogens (tertiary/aromatic N) is 2. The van der Waals surface area contributed by atoms with Crippen molar-refractivity contribution in [2.45, 2.75) is 32.2 Å². The number of piperidine rings is 1. The van der Waals surface area contributed by atoms with Crippen molar-refractivity contribution in [1.82, 2.24) is 9.80 Å². The van der Waals surface area contributed by atoms with Gasteiger partial charge in [0.2, 0.25) is 5.91 Å². The zero-order valence-electron chi connectivity index (χ0n) is 13.6. The molecule has 1 saturated heterocycles. The Balaban J connectivity index is 1.47. The van der Waals surface area contributed by atoms with Gasteiger partial charge in [-0.3, -0.25) is 9.69 Å². The van der Waals surface area contributed by atoms with Gasteiger partial charge in [-0.1, -0.05) is 17.7 Å². The van der Waals surface area contributed by atoms with E-state index in [2.05, 4.69) is 4.90 Å². The van der Waals surface area contributed by atoms with Gasteiger partial charge in [-0.15, -0.1) is 0 Å². The van der Waals surface area contributed by atoms with Crippen molar-refractivity contribution in [2.75, 3.05) is 26.7 Å². The van der Waals surface area contributed by atoms with Crippen LogP contribution in [0.3, 0.4) is 0 Å². The highest BCUT2D eigenvalue weighted by Gasteiger charge is 2.33. The molecule has 0 aromatic heterocycles. The predicted octanol–water partition coefficient (Wildman–Crippen LogP) is 3.56. The molecule has 1 aromatic carbocycles. The van der Waals surface area contributed by atoms with E-state index in [1.165, 1.54) is 6.07 Å². The molecule has 2 fully saturated rings. The molecule has 5 heteroatoms. The minimum Gasteiger partial charge on any atom is -0.345 e. The third-order valence-electron chi connectivity index (χ3n) is 4.99. The lowest BCUT2D eigenvalue weighted by molar-refractivity contribution is -0.132. The number of rotatable bonds is 5. The Morgan fingerprint density at radius 2 is 2.00 bits per heavy atom. The van der Waals surface area contributed by atoms with Crippen LogP contribution >= 0.6 is 11.6 Å². The minimum absolute atomic E-state index is 0.227. The van der Waals surface area contributed by atoms with Crippen LogP contribution in [0.2, 0.25) is 5.02 Å². The van der Waals surface area contributed by atoms with Crippen LogP contribution in [0.4, 0.5) is 4.39 Å². The molecule has 1 heterocycles. The maximum Gasteiger partial charge on any atom is 0.225 e. The fourth-order valence-corrected chi connectivity index (χ4v) is 3.58. The Bertz CT molecular complexity index is 548. The second-order valence-electron chi connectivity index (χ2n) is 6.91. The van der Waals surface area contributed by atoms with Crippen LogP contribution in [0.25, 0.3) is 0 Å². The quantitative estimate of drug-likeness (QED) is 0.819. The van der Waals surface area contributed by atoms with Crippen LogP contribution in [0.1, 0.15) is 31.2 Å². The lowest BCUT2D eigenvalue weighted by Gasteiger charge is -2.34. The highest BCUT2D eigenvalue weighted by Crippen LogP contribution is 2.31. The first-order valence-electron chi connectivity index (χ1n) is 8.45. The van der Waals surface area contributed by atoms with Crippen LogP contribution < -0.4 is 0 Å². The molecule has 23 heavy (non-hydrogen) atoms. The van der Waals surface area contributed by atoms with E-state index < -0.39 is 0 Å². The van der Waals surface area contributed by atoms with Gasteiger partial charge < -0.3 is 4.90 Å². The number of halogens is 2. The first-order valence-corrected chi connectivity index (χ1v) is 8.82. The molecule has 1 aromatic rings. The number of likely N-dealkylation sites (tertiary alicyclic amines) is 1. The number of hydrogen-bond acceptors (Lipinski definition) is 2. The van der Waals surface area contributed by atoms with Gasteiger partial charge in [-0.05, 0) is 56.8 Å². The molecular formula is C18H24ClFN2O. The Kier molecular flexibility index (Phi) is 5.22. The second kappa shape index (κ2) is 7.18. The van der Waals surface area contributed by atoms with E-state index in [1.54, 1.807) is 12.1 Å². The van der Waals surface area contributed by atoms with E-state index in [0.717, 1.165) is 45.3 Å². The third kappa shape index (κ3) is 4.24. The number of carbonyl (C=O) groups is 1. The SMILES string of the molecule is CN(CC1CCN(Cc2c(F)cccc2Cl)CC1)C(=O)C1CC1. The fraction of sp³-hybridized carbons (Fsp3) is 0.611. The molecule has 0 radical (unpaired) electrons. The van der Waals surface area contributed by atoms with Crippen LogP contribution in [-0.2, 0) is 11.3 Å². The predicted molar refractivity (Wildman–Crippen MR) is 89.8 cm³/mol. The van der Waals surface area contributed by atoms with Crippen molar-refractivity contribution in [3.63, 3.8) is 0 Å². The van der Waals surface area contributed by atoms with E-state index in [1.807, 2.05) is 11.9 Å². The van der Waals surface area contributed by atoms with Crippen molar-refractivity contribution in [3.05, 3.63) is 34.6 Å². The van der Waals surface area contributed by atoms with Gasteiger partial charge in [0.15, 0.2) is 0 Å². The number of hydrogen-bond donors (Lipinski definition) is 0. The van der Waals surface area contributed by atoms with Crippen molar-refractivity contribution in [1.29, 1.82) is 0 Å². The van der Waals surface area contributed by atoms with E-state index in [9.17, 15) is 9.18 Å². The molecule has 0 spiro atoms. The summed E-state index contributed by atoms with van der Waals surface area (Å²) in [5, 5.41) is 0.502. The van der Waals surface area contributed by atoms with Crippen molar-refractivity contribution in [3.8, 4) is 0 Å². The molecular weight excluding hydrogens is 315 g/mol. The largest absolute Gasteiger partial charge is 0.345 e. The summed E-state index contributed by atoms with van der Waals surface area (Å²) in [6.07, 6.45) is 4.22. The normalized spacial score (nSPS) is 19.8. The van der Waals surface area contributed by atoms with Crippen LogP contribution in [0.5, 0.6) is 0 Å². The second-order valence-corrected chi connectivity index (χ2v) is 7.32. The molecule has 0 unspecified atom stereocenters. The molecule has 0 atom stereocenters. The van der Waals surface area contributed by atoms with Gasteiger partial charge in [0.25, 0.3) is 0 Å². The van der Waals surface area contributed by atoms with Crippen molar-refractivity contribution < 1.29 is 9.18 Å². The van der Waals surface area contributed by atoms with Gasteiger partial charge in [0.1, 0.15) is 5.82 Å². The van der Waals surface area contributed by atoms with E-state index in [4.69, 9.17) is 11.6 Å². The summed E-state index contributed by atoms with van der Waals surface area (Å²) in [5.74, 6) is 0.929. The lowest BCUT2D eigenvalue weighted by atomic mass is 9.95. The van der Waals surface area contributed by atoms with E-state index >= 15 is 0 Å². The molecule has 3 nitrogen and oxygen atoms in total. The summed E-state index contributed by atoms with van der Waals surface area (Å²) in [7, 11) is 1.92. The average Bonchev–Trinajstić information content (AvgIpc) is 3.37. The summed E-state index contributed by atoms with van der Waals surface area (Å²) in [4.78, 5) is 16.2. The van der Waals surface area contributed by atoms with Gasteiger partial charge in [-0.2, -0.15) is 0 Å². The first-order chi connectivity index (χ1) is 11.0. The molecule has 3 rings (SSSR count). The van der Waals surface area contributed by atoms with Crippen LogP contribution in [0.15, 0.2) is 18.2 Å². The third-order valence-corrected chi connectivity index (χ3v) is 5.34. The highest BCUT2D eigenvalue weighted by atomic mass is 35.5. The summed E-state index contributed by atoms with van der Waals surface area (Å²) in [6, 6.07) is 4.84. The smallest absolute Gasteiger partial charge is 0.225 e. The Hall–Kier alpha value is -1.13. The van der Waals surface area contributed by atoms with Gasteiger partial charge >= 0.3 is 0 Å². The molecule has 1 aliphatic carbocycles. The molecule has 1 saturated carbocycles. The average molecular weight is 339 g/mol. The van der Waals surface area contributed by atoms with Gasteiger partial charge in [0.05, 0.1) is 0 Å². The summed E-state index contributed by atoms with van der Waals surface area (Å²) in [5.41, 5.74) is 0.591. The topological polar surface area (TPSA) is 23.6 Å². The molecule has 0 N–H and O–H groups in total. The Labute approximate surface area is 142 Å². The van der Waals surface area contributed by atoms with Crippen LogP contribution in [-0.4, -0.2) is 42.4 Å². The maximum atomic E-state index is 13.9. The fourth-order valence-electron chi connectivity index (χ4n) is 3.35. The first kappa shape index (κ1) is 16.7. The molecule has 1 amide bonds. The number of amides is 1. The molecule has 1 aliphatic heterocycles. The van der Waals surface area contributed by atoms with Crippen molar-refractivity contribution in [2.24, 2.45) is 11.8 Å². The zero-order valence-corrected chi connectivity index (χ0v) is 14.4. The zero-order chi connectivity index (χ0) is 16.4. The Morgan fingerprint density at radius 3 is 2.61 bits per heavy atom. The lowest BCUT2D eigenvalue weighted by Crippen LogP contribution is -2.39. The number of carbonyl (C=O) groups excluding carboxylic acids is 1. The molecule has 126 valence electrons. The van der Waals surface area contributed by atoms with E-state index in [-0.39, 0.29) is 5.82 Å². The Morgan fingerprint density at radius 1 is 1.30 bits per heavy atom. The molecule has 0 bridgehead atoms. The van der Waals surface area contributed by atoms with Crippen molar-refractivity contribution >= 4 is 17.5 Å². The monoisotopic (exact) mass is 338 g/mol. The number of benzene rings is 1. The van der Waals surface area contributed by atoms with Gasteiger partial charge in [-0.25, -0.2) is 4.39 Å². The van der Waals surface area contributed by atoms with Gasteiger partial charge in [0, 0.05) is 36.6 Å². The van der Waals surface area contributed by atoms with E-state index in [0.29, 0.717) is 34.9 Å². The maximum absolute atomic E-state index is 13.9. The summed E-state index contributed by atoms with van der Waals surface area (Å²) in [6.45, 7) is 3.28. The molecule has 2 aliphatic rings. The highest BCUT2D eigenvalue weighted by molar-refractivity contribution is 6.31. The summed E-state index contributed by atoms with van der Waals surface area (Å²) >= 11 is 6.11. The van der Waals surface area contributed by atoms with Crippen LogP contribution in [0, 0.1) is 17.7 Å². The minimum atomic E-state index is -0.227. The standard InChI is InChI=1S/C18H24ClFN2O/c1-21(18(23)14-5-6-14)11-13-7-9-22(10-8-13)12-15-16(19)3-2-4-17(15)20/h2-4,13-14H,5-12H2,1H3.